The van der Waals surface area contributed by atoms with Crippen molar-refractivity contribution < 1.29 is 14.0 Å². The van der Waals surface area contributed by atoms with Gasteiger partial charge in [0.2, 0.25) is 0 Å². The third-order valence-electron chi connectivity index (χ3n) is 4.50. The fourth-order valence-electron chi connectivity index (χ4n) is 3.47. The van der Waals surface area contributed by atoms with Gasteiger partial charge in [0.15, 0.2) is 0 Å². The summed E-state index contributed by atoms with van der Waals surface area (Å²) in [5.41, 5.74) is 2.47. The molecule has 1 aliphatic heterocycles. The van der Waals surface area contributed by atoms with Gasteiger partial charge in [-0.3, -0.25) is 9.78 Å². The Morgan fingerprint density at radius 1 is 1.22 bits per heavy atom. The second-order valence-electron chi connectivity index (χ2n) is 5.81. The molecule has 2 unspecified atom stereocenters. The second-order valence-corrected chi connectivity index (χ2v) is 5.81. The van der Waals surface area contributed by atoms with Crippen LogP contribution in [-0.4, -0.2) is 23.0 Å². The predicted octanol–water partition coefficient (Wildman–Crippen LogP) is 2.38. The molecule has 23 heavy (non-hydrogen) atoms. The summed E-state index contributed by atoms with van der Waals surface area (Å²) in [5, 5.41) is 2.74. The molecule has 6 heteroatoms. The maximum atomic E-state index is 13.3. The smallest absolute Gasteiger partial charge is 0.325 e. The molecule has 2 aliphatic rings. The van der Waals surface area contributed by atoms with Crippen LogP contribution in [0.4, 0.5) is 14.9 Å². The van der Waals surface area contributed by atoms with Gasteiger partial charge in [0.1, 0.15) is 11.9 Å². The summed E-state index contributed by atoms with van der Waals surface area (Å²) in [7, 11) is 0. The molecule has 1 saturated heterocycles. The number of benzene rings is 1. The number of pyridine rings is 1. The molecular formula is C17H14FN3O2. The predicted molar refractivity (Wildman–Crippen MR) is 81.5 cm³/mol. The Morgan fingerprint density at radius 2 is 2.04 bits per heavy atom. The first-order valence-electron chi connectivity index (χ1n) is 7.48. The number of carbonyl (C=O) groups is 2. The average Bonchev–Trinajstić information content (AvgIpc) is 3.08. The van der Waals surface area contributed by atoms with Gasteiger partial charge < -0.3 is 5.32 Å². The molecule has 0 saturated carbocycles. The lowest BCUT2D eigenvalue weighted by atomic mass is 9.93. The number of hydrogen-bond donors (Lipinski definition) is 1. The number of aromatic nitrogens is 1. The minimum atomic E-state index is -0.616. The molecule has 0 radical (unpaired) electrons. The lowest BCUT2D eigenvalue weighted by Crippen LogP contribution is -2.35. The molecule has 0 spiro atoms. The summed E-state index contributed by atoms with van der Waals surface area (Å²) in [4.78, 5) is 29.6. The van der Waals surface area contributed by atoms with Crippen LogP contribution in [0.1, 0.15) is 23.5 Å². The Balaban J connectivity index is 1.66. The zero-order chi connectivity index (χ0) is 16.0. The number of urea groups is 1. The van der Waals surface area contributed by atoms with Gasteiger partial charge in [0.25, 0.3) is 5.91 Å². The highest BCUT2D eigenvalue weighted by Gasteiger charge is 2.45. The van der Waals surface area contributed by atoms with Crippen molar-refractivity contribution in [1.29, 1.82) is 0 Å². The van der Waals surface area contributed by atoms with Gasteiger partial charge in [-0.05, 0) is 24.0 Å². The maximum absolute atomic E-state index is 13.3. The van der Waals surface area contributed by atoms with E-state index in [0.717, 1.165) is 35.6 Å². The van der Waals surface area contributed by atoms with Gasteiger partial charge in [-0.2, -0.15) is 0 Å². The topological polar surface area (TPSA) is 62.3 Å². The number of aryl methyl sites for hydroxylation is 1. The Hall–Kier alpha value is -2.76. The monoisotopic (exact) mass is 311 g/mol. The van der Waals surface area contributed by atoms with E-state index in [1.54, 1.807) is 0 Å². The maximum Gasteiger partial charge on any atom is 0.329 e. The van der Waals surface area contributed by atoms with Crippen molar-refractivity contribution in [2.45, 2.75) is 24.8 Å². The van der Waals surface area contributed by atoms with E-state index in [0.29, 0.717) is 0 Å². The molecule has 2 heterocycles. The van der Waals surface area contributed by atoms with E-state index < -0.39 is 17.9 Å². The molecule has 3 amide bonds. The van der Waals surface area contributed by atoms with Crippen LogP contribution in [0.3, 0.4) is 0 Å². The number of nitrogens with zero attached hydrogens (tertiary/aromatic N) is 2. The van der Waals surface area contributed by atoms with Crippen LogP contribution >= 0.6 is 0 Å². The van der Waals surface area contributed by atoms with Gasteiger partial charge in [0.05, 0.1) is 18.1 Å². The van der Waals surface area contributed by atoms with E-state index in [2.05, 4.69) is 10.3 Å². The number of carbonyl (C=O) groups excluding carboxylic acids is 2. The molecule has 1 fully saturated rings. The van der Waals surface area contributed by atoms with E-state index in [1.165, 1.54) is 11.8 Å². The Bertz CT molecular complexity index is 808. The van der Waals surface area contributed by atoms with Crippen LogP contribution in [0, 0.1) is 5.82 Å². The normalized spacial score (nSPS) is 23.1. The van der Waals surface area contributed by atoms with Gasteiger partial charge in [0, 0.05) is 12.0 Å². The number of hydrogen-bond acceptors (Lipinski definition) is 3. The van der Waals surface area contributed by atoms with Crippen molar-refractivity contribution in [3.05, 3.63) is 59.7 Å². The fourth-order valence-corrected chi connectivity index (χ4v) is 3.47. The Labute approximate surface area is 132 Å². The van der Waals surface area contributed by atoms with Gasteiger partial charge >= 0.3 is 6.03 Å². The van der Waals surface area contributed by atoms with Crippen LogP contribution in [0.5, 0.6) is 0 Å². The molecule has 1 aromatic heterocycles. The van der Waals surface area contributed by atoms with E-state index in [9.17, 15) is 14.0 Å². The molecule has 0 bridgehead atoms. The minimum absolute atomic E-state index is 0.0471. The van der Waals surface area contributed by atoms with Crippen LogP contribution < -0.4 is 10.2 Å². The van der Waals surface area contributed by atoms with Crippen LogP contribution in [0.2, 0.25) is 0 Å². The lowest BCUT2D eigenvalue weighted by molar-refractivity contribution is -0.118. The summed E-state index contributed by atoms with van der Waals surface area (Å²) in [6.07, 6.45) is 4.05. The quantitative estimate of drug-likeness (QED) is 0.866. The highest BCUT2D eigenvalue weighted by molar-refractivity contribution is 6.21. The molecule has 4 rings (SSSR count). The number of amides is 3. The van der Waals surface area contributed by atoms with E-state index in [4.69, 9.17) is 0 Å². The summed E-state index contributed by atoms with van der Waals surface area (Å²) in [6, 6.07) is 7.94. The van der Waals surface area contributed by atoms with Crippen molar-refractivity contribution in [3.63, 3.8) is 0 Å². The molecule has 1 N–H and O–H groups in total. The first kappa shape index (κ1) is 13.9. The summed E-state index contributed by atoms with van der Waals surface area (Å²) in [5.74, 6) is -0.990. The standard InChI is InChI=1S/C17H14FN3O2/c18-11-7-12(9-19-8-11)21-16(22)15(20-17(21)23)14-6-5-10-3-1-2-4-13(10)14/h1-4,7-9,14-15H,5-6H2,(H,20,23). The molecule has 2 atom stereocenters. The molecular weight excluding hydrogens is 297 g/mol. The summed E-state index contributed by atoms with van der Waals surface area (Å²) in [6.45, 7) is 0. The summed E-state index contributed by atoms with van der Waals surface area (Å²) >= 11 is 0. The fraction of sp³-hybridized carbons (Fsp3) is 0.235. The van der Waals surface area contributed by atoms with Crippen LogP contribution in [-0.2, 0) is 11.2 Å². The number of fused-ring (bicyclic) bond motifs is 1. The SMILES string of the molecule is O=C1NC(C2CCc3ccccc32)C(=O)N1c1cncc(F)c1. The zero-order valence-corrected chi connectivity index (χ0v) is 12.2. The zero-order valence-electron chi connectivity index (χ0n) is 12.2. The van der Waals surface area contributed by atoms with Crippen molar-refractivity contribution in [2.75, 3.05) is 4.90 Å². The molecule has 5 nitrogen and oxygen atoms in total. The highest BCUT2D eigenvalue weighted by atomic mass is 19.1. The average molecular weight is 311 g/mol. The van der Waals surface area contributed by atoms with Gasteiger partial charge in [-0.25, -0.2) is 14.1 Å². The van der Waals surface area contributed by atoms with Gasteiger partial charge in [-0.15, -0.1) is 0 Å². The number of rotatable bonds is 2. The first-order valence-corrected chi connectivity index (χ1v) is 7.48. The Kier molecular flexibility index (Phi) is 3.11. The minimum Gasteiger partial charge on any atom is -0.325 e. The number of nitrogens with one attached hydrogen (secondary N) is 1. The van der Waals surface area contributed by atoms with Gasteiger partial charge in [-0.1, -0.05) is 24.3 Å². The van der Waals surface area contributed by atoms with Crippen LogP contribution in [0.15, 0.2) is 42.7 Å². The summed E-state index contributed by atoms with van der Waals surface area (Å²) < 4.78 is 13.3. The number of imide groups is 1. The molecule has 1 aromatic carbocycles. The first-order chi connectivity index (χ1) is 11.1. The largest absolute Gasteiger partial charge is 0.329 e. The second kappa shape index (κ2) is 5.15. The Morgan fingerprint density at radius 3 is 2.87 bits per heavy atom. The highest BCUT2D eigenvalue weighted by Crippen LogP contribution is 2.37. The van der Waals surface area contributed by atoms with E-state index in [-0.39, 0.29) is 17.5 Å². The third-order valence-corrected chi connectivity index (χ3v) is 4.50. The molecule has 2 aromatic rings. The molecule has 1 aliphatic carbocycles. The van der Waals surface area contributed by atoms with Crippen molar-refractivity contribution in [2.24, 2.45) is 0 Å². The third kappa shape index (κ3) is 2.18. The number of anilines is 1. The van der Waals surface area contributed by atoms with E-state index >= 15 is 0 Å². The molecule has 116 valence electrons. The van der Waals surface area contributed by atoms with Crippen LogP contribution in [0.25, 0.3) is 0 Å². The number of halogens is 1. The lowest BCUT2D eigenvalue weighted by Gasteiger charge is -2.18. The van der Waals surface area contributed by atoms with Crippen molar-refractivity contribution in [1.82, 2.24) is 10.3 Å². The van der Waals surface area contributed by atoms with Crippen molar-refractivity contribution >= 4 is 17.6 Å². The van der Waals surface area contributed by atoms with E-state index in [1.807, 2.05) is 24.3 Å². The van der Waals surface area contributed by atoms with Crippen molar-refractivity contribution in [3.8, 4) is 0 Å².